The second-order valence-electron chi connectivity index (χ2n) is 9.75. The van der Waals surface area contributed by atoms with Crippen LogP contribution < -0.4 is 10.6 Å². The summed E-state index contributed by atoms with van der Waals surface area (Å²) in [7, 11) is 1.85. The summed E-state index contributed by atoms with van der Waals surface area (Å²) >= 11 is 0. The molecule has 2 N–H and O–H groups in total. The number of hydrogen-bond acceptors (Lipinski definition) is 8. The van der Waals surface area contributed by atoms with Gasteiger partial charge in [-0.25, -0.2) is 0 Å². The van der Waals surface area contributed by atoms with E-state index in [4.69, 9.17) is 4.74 Å². The first-order valence-corrected chi connectivity index (χ1v) is 11.9. The molecule has 5 heterocycles. The molecule has 0 radical (unpaired) electrons. The molecule has 1 aliphatic heterocycles. The molecule has 12 nitrogen and oxygen atoms in total. The summed E-state index contributed by atoms with van der Waals surface area (Å²) in [4.78, 5) is 32.1. The van der Waals surface area contributed by atoms with Crippen molar-refractivity contribution in [1.29, 1.82) is 0 Å². The van der Waals surface area contributed by atoms with Gasteiger partial charge in [-0.05, 0) is 44.5 Å². The number of amides is 2. The van der Waals surface area contributed by atoms with Crippen LogP contribution in [0.25, 0.3) is 16.8 Å². The Morgan fingerprint density at radius 1 is 1.14 bits per heavy atom. The topological polar surface area (TPSA) is 132 Å². The minimum Gasteiger partial charge on any atom is -0.373 e. The van der Waals surface area contributed by atoms with E-state index in [-0.39, 0.29) is 23.9 Å². The molecule has 1 aliphatic rings. The fraction of sp³-hybridized carbons (Fsp3) is 0.360. The number of anilines is 2. The predicted octanol–water partition coefficient (Wildman–Crippen LogP) is 2.13. The summed E-state index contributed by atoms with van der Waals surface area (Å²) in [5.41, 5.74) is 3.68. The van der Waals surface area contributed by atoms with E-state index in [1.165, 1.54) is 0 Å². The van der Waals surface area contributed by atoms with Gasteiger partial charge in [0, 0.05) is 38.1 Å². The SMILES string of the molecule is Cc1ncc(NC(=O)CN2CCOC(C)(C)C2)cc1NC(=O)c1nnc2cc(-c3cnn(C)c3)ccn12. The van der Waals surface area contributed by atoms with Gasteiger partial charge in [0.1, 0.15) is 0 Å². The lowest BCUT2D eigenvalue weighted by molar-refractivity contribution is -0.122. The Morgan fingerprint density at radius 2 is 1.97 bits per heavy atom. The number of rotatable bonds is 6. The fourth-order valence-corrected chi connectivity index (χ4v) is 4.35. The maximum Gasteiger partial charge on any atom is 0.294 e. The Bertz CT molecular complexity index is 1470. The van der Waals surface area contributed by atoms with Crippen LogP contribution in [0, 0.1) is 6.92 Å². The molecule has 1 saturated heterocycles. The van der Waals surface area contributed by atoms with Crippen molar-refractivity contribution in [3.63, 3.8) is 0 Å². The van der Waals surface area contributed by atoms with E-state index in [0.717, 1.165) is 11.1 Å². The third-order valence-corrected chi connectivity index (χ3v) is 6.14. The standard InChI is InChI=1S/C25H29N9O3/c1-16-20(10-19(12-26-16)28-22(35)14-33-7-8-37-25(2,3)15-33)29-24(36)23-31-30-21-9-17(5-6-34(21)23)18-11-27-32(4)13-18/h5-6,9-13H,7-8,14-15H2,1-4H3,(H,28,35)(H,29,36). The van der Waals surface area contributed by atoms with Crippen LogP contribution in [-0.4, -0.2) is 77.9 Å². The van der Waals surface area contributed by atoms with Crippen LogP contribution in [0.4, 0.5) is 11.4 Å². The van der Waals surface area contributed by atoms with E-state index >= 15 is 0 Å². The molecule has 1 fully saturated rings. The predicted molar refractivity (Wildman–Crippen MR) is 137 cm³/mol. The van der Waals surface area contributed by atoms with Crippen LogP contribution in [0.2, 0.25) is 0 Å². The lowest BCUT2D eigenvalue weighted by Gasteiger charge is -2.37. The van der Waals surface area contributed by atoms with Gasteiger partial charge in [0.2, 0.25) is 11.7 Å². The number of aryl methyl sites for hydroxylation is 2. The van der Waals surface area contributed by atoms with Crippen molar-refractivity contribution < 1.29 is 14.3 Å². The maximum absolute atomic E-state index is 13.1. The molecule has 37 heavy (non-hydrogen) atoms. The molecule has 0 saturated carbocycles. The first kappa shape index (κ1) is 24.5. The molecule has 0 atom stereocenters. The second kappa shape index (κ2) is 9.71. The molecule has 0 bridgehead atoms. The number of pyridine rings is 2. The zero-order valence-corrected chi connectivity index (χ0v) is 21.2. The summed E-state index contributed by atoms with van der Waals surface area (Å²) in [6, 6.07) is 5.41. The Kier molecular flexibility index (Phi) is 6.44. The highest BCUT2D eigenvalue weighted by molar-refractivity contribution is 6.03. The molecule has 12 heteroatoms. The van der Waals surface area contributed by atoms with Gasteiger partial charge in [-0.3, -0.25) is 28.6 Å². The minimum absolute atomic E-state index is 0.136. The molecule has 192 valence electrons. The smallest absolute Gasteiger partial charge is 0.294 e. The zero-order chi connectivity index (χ0) is 26.2. The summed E-state index contributed by atoms with van der Waals surface area (Å²) in [6.07, 6.45) is 6.98. The van der Waals surface area contributed by atoms with E-state index in [1.807, 2.05) is 39.2 Å². The number of carbonyl (C=O) groups is 2. The average Bonchev–Trinajstić information content (AvgIpc) is 3.46. The molecule has 2 amide bonds. The highest BCUT2D eigenvalue weighted by atomic mass is 16.5. The van der Waals surface area contributed by atoms with Crippen LogP contribution in [0.3, 0.4) is 0 Å². The lowest BCUT2D eigenvalue weighted by atomic mass is 10.1. The van der Waals surface area contributed by atoms with Gasteiger partial charge in [0.15, 0.2) is 5.65 Å². The van der Waals surface area contributed by atoms with E-state index in [9.17, 15) is 9.59 Å². The maximum atomic E-state index is 13.1. The van der Waals surface area contributed by atoms with Crippen LogP contribution in [-0.2, 0) is 16.6 Å². The molecule has 0 unspecified atom stereocenters. The van der Waals surface area contributed by atoms with Crippen molar-refractivity contribution >= 4 is 28.8 Å². The number of ether oxygens (including phenoxy) is 1. The van der Waals surface area contributed by atoms with Gasteiger partial charge in [-0.1, -0.05) is 0 Å². The summed E-state index contributed by atoms with van der Waals surface area (Å²) < 4.78 is 9.05. The number of nitrogens with one attached hydrogen (secondary N) is 2. The molecule has 0 aromatic carbocycles. The fourth-order valence-electron chi connectivity index (χ4n) is 4.35. The van der Waals surface area contributed by atoms with Crippen molar-refractivity contribution in [3.05, 3.63) is 54.5 Å². The number of nitrogens with zero attached hydrogens (tertiary/aromatic N) is 7. The number of carbonyl (C=O) groups excluding carboxylic acids is 2. The van der Waals surface area contributed by atoms with Crippen molar-refractivity contribution in [2.75, 3.05) is 36.9 Å². The third-order valence-electron chi connectivity index (χ3n) is 6.14. The Balaban J connectivity index is 1.28. The van der Waals surface area contributed by atoms with Crippen LogP contribution >= 0.6 is 0 Å². The van der Waals surface area contributed by atoms with Gasteiger partial charge in [-0.15, -0.1) is 10.2 Å². The molecular weight excluding hydrogens is 474 g/mol. The van der Waals surface area contributed by atoms with Crippen molar-refractivity contribution in [3.8, 4) is 11.1 Å². The summed E-state index contributed by atoms with van der Waals surface area (Å²) in [5.74, 6) is -0.462. The normalized spacial score (nSPS) is 15.6. The van der Waals surface area contributed by atoms with E-state index in [1.54, 1.807) is 40.7 Å². The number of aromatic nitrogens is 6. The molecule has 4 aromatic heterocycles. The third kappa shape index (κ3) is 5.49. The van der Waals surface area contributed by atoms with Gasteiger partial charge in [-0.2, -0.15) is 5.10 Å². The monoisotopic (exact) mass is 503 g/mol. The number of hydrogen-bond donors (Lipinski definition) is 2. The first-order valence-electron chi connectivity index (χ1n) is 11.9. The lowest BCUT2D eigenvalue weighted by Crippen LogP contribution is -2.50. The molecule has 0 spiro atoms. The van der Waals surface area contributed by atoms with E-state index in [0.29, 0.717) is 42.4 Å². The van der Waals surface area contributed by atoms with E-state index < -0.39 is 5.91 Å². The molecule has 4 aromatic rings. The summed E-state index contributed by atoms with van der Waals surface area (Å²) in [6.45, 7) is 7.99. The van der Waals surface area contributed by atoms with Crippen molar-refractivity contribution in [2.24, 2.45) is 7.05 Å². The van der Waals surface area contributed by atoms with Gasteiger partial charge in [0.25, 0.3) is 5.91 Å². The van der Waals surface area contributed by atoms with Crippen LogP contribution in [0.1, 0.15) is 30.2 Å². The largest absolute Gasteiger partial charge is 0.373 e. The number of morpholine rings is 1. The summed E-state index contributed by atoms with van der Waals surface area (Å²) in [5, 5.41) is 18.1. The Labute approximate surface area is 213 Å². The number of fused-ring (bicyclic) bond motifs is 1. The average molecular weight is 504 g/mol. The van der Waals surface area contributed by atoms with Crippen molar-refractivity contribution in [1.82, 2.24) is 34.3 Å². The quantitative estimate of drug-likeness (QED) is 0.409. The minimum atomic E-state index is -0.439. The Morgan fingerprint density at radius 3 is 2.73 bits per heavy atom. The molecule has 0 aliphatic carbocycles. The highest BCUT2D eigenvalue weighted by Gasteiger charge is 2.28. The Hall–Kier alpha value is -4.16. The second-order valence-corrected chi connectivity index (χ2v) is 9.75. The van der Waals surface area contributed by atoms with Crippen LogP contribution in [0.5, 0.6) is 0 Å². The van der Waals surface area contributed by atoms with Gasteiger partial charge < -0.3 is 15.4 Å². The zero-order valence-electron chi connectivity index (χ0n) is 21.2. The molecular formula is C25H29N9O3. The first-order chi connectivity index (χ1) is 17.7. The van der Waals surface area contributed by atoms with Crippen molar-refractivity contribution in [2.45, 2.75) is 26.4 Å². The molecule has 5 rings (SSSR count). The highest BCUT2D eigenvalue weighted by Crippen LogP contribution is 2.22. The van der Waals surface area contributed by atoms with Crippen LogP contribution in [0.15, 0.2) is 43.0 Å². The van der Waals surface area contributed by atoms with E-state index in [2.05, 4.69) is 35.8 Å². The van der Waals surface area contributed by atoms with Gasteiger partial charge in [0.05, 0.1) is 48.2 Å². The van der Waals surface area contributed by atoms with Gasteiger partial charge >= 0.3 is 0 Å².